The fourth-order valence-electron chi connectivity index (χ4n) is 3.57. The Morgan fingerprint density at radius 3 is 2.56 bits per heavy atom. The van der Waals surface area contributed by atoms with Gasteiger partial charge in [0.2, 0.25) is 0 Å². The Hall–Kier alpha value is -2.41. The first-order valence-electron chi connectivity index (χ1n) is 9.43. The molecule has 0 saturated heterocycles. The number of aryl methyl sites for hydroxylation is 1. The molecule has 7 heteroatoms. The molecule has 1 aliphatic rings. The summed E-state index contributed by atoms with van der Waals surface area (Å²) in [5.74, 6) is 1.02. The smallest absolute Gasteiger partial charge is 0.269 e. The van der Waals surface area contributed by atoms with Crippen LogP contribution < -0.4 is 16.2 Å². The van der Waals surface area contributed by atoms with Crippen LogP contribution >= 0.6 is 12.2 Å². The lowest BCUT2D eigenvalue weighted by molar-refractivity contribution is 0.0943. The van der Waals surface area contributed by atoms with E-state index in [1.54, 1.807) is 18.3 Å². The van der Waals surface area contributed by atoms with Gasteiger partial charge >= 0.3 is 0 Å². The molecule has 0 spiro atoms. The second-order valence-corrected chi connectivity index (χ2v) is 7.77. The Balaban J connectivity index is 1.51. The lowest BCUT2D eigenvalue weighted by atomic mass is 9.78. The summed E-state index contributed by atoms with van der Waals surface area (Å²) in [6.45, 7) is 6.52. The molecule has 1 amide bonds. The van der Waals surface area contributed by atoms with Gasteiger partial charge in [0.05, 0.1) is 5.69 Å². The van der Waals surface area contributed by atoms with Gasteiger partial charge in [-0.2, -0.15) is 5.10 Å². The molecule has 1 saturated carbocycles. The van der Waals surface area contributed by atoms with Gasteiger partial charge in [0, 0.05) is 23.5 Å². The van der Waals surface area contributed by atoms with Crippen LogP contribution in [0.25, 0.3) is 5.69 Å². The molecule has 1 heterocycles. The fraction of sp³-hybridized carbons (Fsp3) is 0.450. The molecule has 0 aliphatic heterocycles. The third-order valence-electron chi connectivity index (χ3n) is 5.52. The predicted molar refractivity (Wildman–Crippen MR) is 111 cm³/mol. The summed E-state index contributed by atoms with van der Waals surface area (Å²) in [4.78, 5) is 12.3. The third-order valence-corrected chi connectivity index (χ3v) is 5.74. The number of hydrazine groups is 1. The molecular formula is C20H27N5OS. The molecule has 0 bridgehead atoms. The molecule has 6 nitrogen and oxygen atoms in total. The zero-order valence-electron chi connectivity index (χ0n) is 16.0. The molecule has 2 aromatic rings. The van der Waals surface area contributed by atoms with E-state index in [0.717, 1.165) is 17.8 Å². The van der Waals surface area contributed by atoms with Crippen LogP contribution in [0.3, 0.4) is 0 Å². The molecule has 3 rings (SSSR count). The van der Waals surface area contributed by atoms with Crippen molar-refractivity contribution in [3.05, 3.63) is 47.8 Å². The minimum atomic E-state index is -0.229. The standard InChI is InChI=1S/C20H27N5OS/c1-13-5-4-6-18(15(13)3)22-20(27)24-23-19(26)16-7-9-17(10-8-16)25-14(2)11-12-21-25/h7-13,15,18H,4-6H2,1-3H3,(H,23,26)(H2,22,24,27)/t13-,15+,18+/m1/s1. The monoisotopic (exact) mass is 385 g/mol. The molecule has 0 radical (unpaired) electrons. The Labute approximate surface area is 165 Å². The predicted octanol–water partition coefficient (Wildman–Crippen LogP) is 3.11. The molecule has 3 N–H and O–H groups in total. The normalized spacial score (nSPS) is 22.1. The van der Waals surface area contributed by atoms with E-state index in [2.05, 4.69) is 35.1 Å². The highest BCUT2D eigenvalue weighted by Gasteiger charge is 2.27. The molecule has 144 valence electrons. The van der Waals surface area contributed by atoms with E-state index in [1.165, 1.54) is 12.8 Å². The average Bonchev–Trinajstić information content (AvgIpc) is 3.09. The summed E-state index contributed by atoms with van der Waals surface area (Å²) in [5.41, 5.74) is 7.99. The van der Waals surface area contributed by atoms with Crippen molar-refractivity contribution in [3.8, 4) is 5.69 Å². The highest BCUT2D eigenvalue weighted by atomic mass is 32.1. The number of nitrogens with one attached hydrogen (secondary N) is 3. The van der Waals surface area contributed by atoms with Crippen molar-refractivity contribution in [2.24, 2.45) is 11.8 Å². The van der Waals surface area contributed by atoms with Crippen LogP contribution in [0.2, 0.25) is 0 Å². The van der Waals surface area contributed by atoms with Crippen LogP contribution in [0.4, 0.5) is 0 Å². The largest absolute Gasteiger partial charge is 0.358 e. The Morgan fingerprint density at radius 1 is 1.15 bits per heavy atom. The molecule has 1 fully saturated rings. The molecule has 1 aliphatic carbocycles. The van der Waals surface area contributed by atoms with Gasteiger partial charge in [-0.3, -0.25) is 15.6 Å². The first kappa shape index (κ1) is 19.4. The molecule has 27 heavy (non-hydrogen) atoms. The van der Waals surface area contributed by atoms with E-state index < -0.39 is 0 Å². The van der Waals surface area contributed by atoms with Crippen molar-refractivity contribution in [1.29, 1.82) is 0 Å². The number of aromatic nitrogens is 2. The Kier molecular flexibility index (Phi) is 6.11. The van der Waals surface area contributed by atoms with Crippen LogP contribution in [-0.4, -0.2) is 26.8 Å². The topological polar surface area (TPSA) is 71.0 Å². The SMILES string of the molecule is Cc1ccnn1-c1ccc(C(=O)NNC(=S)N[C@H]2CCC[C@@H](C)[C@@H]2C)cc1. The van der Waals surface area contributed by atoms with E-state index in [9.17, 15) is 4.79 Å². The second-order valence-electron chi connectivity index (χ2n) is 7.36. The number of thiocarbonyl (C=S) groups is 1. The number of benzene rings is 1. The van der Waals surface area contributed by atoms with Crippen LogP contribution in [0.1, 0.15) is 49.2 Å². The van der Waals surface area contributed by atoms with Crippen molar-refractivity contribution in [2.75, 3.05) is 0 Å². The Bertz CT molecular complexity index is 801. The van der Waals surface area contributed by atoms with E-state index in [4.69, 9.17) is 12.2 Å². The van der Waals surface area contributed by atoms with Gasteiger partial charge in [-0.15, -0.1) is 0 Å². The van der Waals surface area contributed by atoms with E-state index in [-0.39, 0.29) is 5.91 Å². The molecule has 0 unspecified atom stereocenters. The second kappa shape index (κ2) is 8.52. The highest BCUT2D eigenvalue weighted by Crippen LogP contribution is 2.29. The van der Waals surface area contributed by atoms with Crippen LogP contribution in [-0.2, 0) is 0 Å². The molecule has 1 aromatic heterocycles. The first-order valence-corrected chi connectivity index (χ1v) is 9.84. The zero-order chi connectivity index (χ0) is 19.4. The third kappa shape index (κ3) is 4.66. The van der Waals surface area contributed by atoms with Crippen LogP contribution in [0.5, 0.6) is 0 Å². The van der Waals surface area contributed by atoms with Crippen molar-refractivity contribution in [1.82, 2.24) is 25.9 Å². The van der Waals surface area contributed by atoms with Gasteiger partial charge in [-0.1, -0.05) is 26.7 Å². The van der Waals surface area contributed by atoms with Crippen LogP contribution in [0, 0.1) is 18.8 Å². The number of carbonyl (C=O) groups is 1. The van der Waals surface area contributed by atoms with Crippen molar-refractivity contribution >= 4 is 23.2 Å². The maximum absolute atomic E-state index is 12.3. The summed E-state index contributed by atoms with van der Waals surface area (Å²) >= 11 is 5.34. The summed E-state index contributed by atoms with van der Waals surface area (Å²) < 4.78 is 1.82. The van der Waals surface area contributed by atoms with Gasteiger partial charge in [-0.25, -0.2) is 4.68 Å². The van der Waals surface area contributed by atoms with Gasteiger partial charge in [0.25, 0.3) is 5.91 Å². The van der Waals surface area contributed by atoms with Gasteiger partial charge in [0.15, 0.2) is 5.11 Å². The maximum atomic E-state index is 12.3. The molecule has 3 atom stereocenters. The summed E-state index contributed by atoms with van der Waals surface area (Å²) in [7, 11) is 0. The van der Waals surface area contributed by atoms with Gasteiger partial charge < -0.3 is 5.32 Å². The molecule has 1 aromatic carbocycles. The van der Waals surface area contributed by atoms with Crippen molar-refractivity contribution in [3.63, 3.8) is 0 Å². The summed E-state index contributed by atoms with van der Waals surface area (Å²) in [6.07, 6.45) is 5.34. The van der Waals surface area contributed by atoms with E-state index in [0.29, 0.717) is 28.6 Å². The number of hydrogen-bond donors (Lipinski definition) is 3. The van der Waals surface area contributed by atoms with E-state index in [1.807, 2.05) is 29.8 Å². The van der Waals surface area contributed by atoms with Crippen LogP contribution in [0.15, 0.2) is 36.5 Å². The maximum Gasteiger partial charge on any atom is 0.269 e. The number of carbonyl (C=O) groups excluding carboxylic acids is 1. The zero-order valence-corrected chi connectivity index (χ0v) is 16.8. The lowest BCUT2D eigenvalue weighted by Crippen LogP contribution is -2.52. The fourth-order valence-corrected chi connectivity index (χ4v) is 3.77. The minimum Gasteiger partial charge on any atom is -0.358 e. The molecular weight excluding hydrogens is 358 g/mol. The first-order chi connectivity index (χ1) is 13.0. The average molecular weight is 386 g/mol. The van der Waals surface area contributed by atoms with Crippen molar-refractivity contribution < 1.29 is 4.79 Å². The number of rotatable bonds is 3. The minimum absolute atomic E-state index is 0.229. The lowest BCUT2D eigenvalue weighted by Gasteiger charge is -2.35. The Morgan fingerprint density at radius 2 is 1.89 bits per heavy atom. The number of nitrogens with zero attached hydrogens (tertiary/aromatic N) is 2. The number of amides is 1. The highest BCUT2D eigenvalue weighted by molar-refractivity contribution is 7.80. The quantitative estimate of drug-likeness (QED) is 0.559. The van der Waals surface area contributed by atoms with Gasteiger partial charge in [-0.05, 0) is 67.7 Å². The van der Waals surface area contributed by atoms with E-state index >= 15 is 0 Å². The van der Waals surface area contributed by atoms with Gasteiger partial charge in [0.1, 0.15) is 0 Å². The van der Waals surface area contributed by atoms with Crippen molar-refractivity contribution in [2.45, 2.75) is 46.1 Å². The summed E-state index contributed by atoms with van der Waals surface area (Å²) in [5, 5.41) is 8.06. The summed E-state index contributed by atoms with van der Waals surface area (Å²) in [6, 6.07) is 9.57. The number of hydrogen-bond acceptors (Lipinski definition) is 3.